The molecule has 3 aliphatic heterocycles. The van der Waals surface area contributed by atoms with Crippen LogP contribution in [0.25, 0.3) is 5.57 Å². The average Bonchev–Trinajstić information content (AvgIpc) is 3.21. The lowest BCUT2D eigenvalue weighted by Crippen LogP contribution is -2.42. The molecular weight excluding hydrogens is 448 g/mol. The van der Waals surface area contributed by atoms with Gasteiger partial charge in [0.2, 0.25) is 15.9 Å². The summed E-state index contributed by atoms with van der Waals surface area (Å²) in [5.74, 6) is 2.48. The van der Waals surface area contributed by atoms with E-state index in [4.69, 9.17) is 4.74 Å². The first-order valence-corrected chi connectivity index (χ1v) is 14.5. The molecule has 3 aliphatic rings. The lowest BCUT2D eigenvalue weighted by atomic mass is 9.88. The number of hydrogen-bond acceptors (Lipinski definition) is 4. The van der Waals surface area contributed by atoms with E-state index in [1.807, 2.05) is 18.7 Å². The predicted molar refractivity (Wildman–Crippen MR) is 136 cm³/mol. The molecule has 0 aliphatic carbocycles. The van der Waals surface area contributed by atoms with Gasteiger partial charge in [0, 0.05) is 39.0 Å². The maximum atomic E-state index is 12.5. The quantitative estimate of drug-likeness (QED) is 0.572. The van der Waals surface area contributed by atoms with Crippen molar-refractivity contribution in [2.75, 3.05) is 31.9 Å². The normalized spacial score (nSPS) is 22.1. The Hall–Kier alpha value is -1.86. The highest BCUT2D eigenvalue weighted by Crippen LogP contribution is 2.37. The molecule has 0 spiro atoms. The second-order valence-electron chi connectivity index (χ2n) is 11.0. The first-order chi connectivity index (χ1) is 16.1. The number of sulfonamides is 1. The fraction of sp³-hybridized carbons (Fsp3) is 0.667. The van der Waals surface area contributed by atoms with E-state index < -0.39 is 10.0 Å². The van der Waals surface area contributed by atoms with E-state index in [2.05, 4.69) is 38.1 Å². The molecule has 0 radical (unpaired) electrons. The molecule has 1 atom stereocenters. The number of fused-ring (bicyclic) bond motifs is 1. The summed E-state index contributed by atoms with van der Waals surface area (Å²) in [5.41, 5.74) is 3.65. The average molecular weight is 489 g/mol. The fourth-order valence-corrected chi connectivity index (χ4v) is 7.15. The molecule has 1 amide bonds. The molecule has 1 unspecified atom stereocenters. The van der Waals surface area contributed by atoms with Crippen molar-refractivity contribution in [3.63, 3.8) is 0 Å². The van der Waals surface area contributed by atoms with Gasteiger partial charge in [0.05, 0.1) is 5.75 Å². The summed E-state index contributed by atoms with van der Waals surface area (Å²) in [4.78, 5) is 14.4. The van der Waals surface area contributed by atoms with E-state index in [9.17, 15) is 13.2 Å². The van der Waals surface area contributed by atoms with Crippen LogP contribution in [0.5, 0.6) is 5.75 Å². The van der Waals surface area contributed by atoms with Gasteiger partial charge in [-0.25, -0.2) is 8.42 Å². The van der Waals surface area contributed by atoms with Crippen LogP contribution in [0.3, 0.4) is 0 Å². The van der Waals surface area contributed by atoms with Crippen molar-refractivity contribution in [1.29, 1.82) is 0 Å². The Kier molecular flexibility index (Phi) is 7.72. The third kappa shape index (κ3) is 5.85. The monoisotopic (exact) mass is 488 g/mol. The Morgan fingerprint density at radius 3 is 2.44 bits per heavy atom. The lowest BCUT2D eigenvalue weighted by molar-refractivity contribution is -0.133. The van der Waals surface area contributed by atoms with E-state index in [0.717, 1.165) is 44.5 Å². The zero-order valence-electron chi connectivity index (χ0n) is 21.1. The molecule has 1 saturated heterocycles. The number of piperidine rings is 1. The van der Waals surface area contributed by atoms with Crippen LogP contribution in [0, 0.1) is 17.8 Å². The van der Waals surface area contributed by atoms with Gasteiger partial charge in [-0.3, -0.25) is 4.79 Å². The second kappa shape index (κ2) is 10.4. The minimum absolute atomic E-state index is 0.132. The molecule has 34 heavy (non-hydrogen) atoms. The molecule has 0 saturated carbocycles. The van der Waals surface area contributed by atoms with E-state index in [-0.39, 0.29) is 23.7 Å². The highest BCUT2D eigenvalue weighted by atomic mass is 32.2. The number of rotatable bonds is 7. The molecular formula is C27H40N2O4S. The van der Waals surface area contributed by atoms with Crippen molar-refractivity contribution < 1.29 is 17.9 Å². The van der Waals surface area contributed by atoms with E-state index in [1.165, 1.54) is 16.7 Å². The van der Waals surface area contributed by atoms with Gasteiger partial charge in [-0.05, 0) is 65.8 Å². The molecule has 1 aromatic rings. The Morgan fingerprint density at radius 1 is 1.09 bits per heavy atom. The molecule has 1 fully saturated rings. The number of nitrogens with zero attached hydrogens (tertiary/aromatic N) is 2. The van der Waals surface area contributed by atoms with E-state index in [1.54, 1.807) is 4.31 Å². The number of carbonyl (C=O) groups excluding carboxylic acids is 1. The van der Waals surface area contributed by atoms with Crippen molar-refractivity contribution >= 4 is 21.5 Å². The van der Waals surface area contributed by atoms with Gasteiger partial charge >= 0.3 is 0 Å². The second-order valence-corrected chi connectivity index (χ2v) is 13.0. The van der Waals surface area contributed by atoms with Crippen LogP contribution in [-0.2, 0) is 21.2 Å². The highest BCUT2D eigenvalue weighted by molar-refractivity contribution is 7.89. The van der Waals surface area contributed by atoms with Gasteiger partial charge in [0.1, 0.15) is 11.9 Å². The molecule has 7 heteroatoms. The largest absolute Gasteiger partial charge is 0.490 e. The zero-order valence-corrected chi connectivity index (χ0v) is 21.9. The van der Waals surface area contributed by atoms with Gasteiger partial charge in [-0.15, -0.1) is 0 Å². The van der Waals surface area contributed by atoms with Gasteiger partial charge in [-0.2, -0.15) is 4.31 Å². The number of ether oxygens (including phenoxy) is 1. The topological polar surface area (TPSA) is 66.9 Å². The number of hydrogen-bond donors (Lipinski definition) is 0. The number of carbonyl (C=O) groups is 1. The van der Waals surface area contributed by atoms with Crippen LogP contribution < -0.4 is 4.74 Å². The van der Waals surface area contributed by atoms with Crippen molar-refractivity contribution in [3.8, 4) is 5.75 Å². The maximum Gasteiger partial charge on any atom is 0.222 e. The van der Waals surface area contributed by atoms with Crippen molar-refractivity contribution in [3.05, 3.63) is 35.4 Å². The summed E-state index contributed by atoms with van der Waals surface area (Å²) in [6.45, 7) is 10.7. The molecule has 6 nitrogen and oxygen atoms in total. The van der Waals surface area contributed by atoms with E-state index >= 15 is 0 Å². The number of benzene rings is 1. The standard InChI is InChI=1S/C27H40N2O4S/c1-19(2)15-27(30)28-11-7-22(8-12-28)26-17-24-16-23(5-6-25(24)33-26)21-9-13-29(14-10-21)34(31,32)18-20(3)4/h5-6,9,16,19-20,22,26H,7-8,10-15,17-18H2,1-4H3. The van der Waals surface area contributed by atoms with Crippen LogP contribution in [0.1, 0.15) is 64.5 Å². The molecule has 4 rings (SSSR count). The van der Waals surface area contributed by atoms with Crippen LogP contribution >= 0.6 is 0 Å². The Bertz CT molecular complexity index is 1020. The first kappa shape index (κ1) is 25.2. The first-order valence-electron chi connectivity index (χ1n) is 12.9. The molecule has 1 aromatic carbocycles. The van der Waals surface area contributed by atoms with Gasteiger partial charge in [-0.1, -0.05) is 39.8 Å². The molecule has 0 bridgehead atoms. The molecule has 188 valence electrons. The summed E-state index contributed by atoms with van der Waals surface area (Å²) in [5, 5.41) is 0. The lowest BCUT2D eigenvalue weighted by Gasteiger charge is -2.34. The SMILES string of the molecule is CC(C)CC(=O)N1CCC(C2Cc3cc(C4=CCN(S(=O)(=O)CC(C)C)CC4)ccc3O2)CC1. The maximum absolute atomic E-state index is 12.5. The van der Waals surface area contributed by atoms with Crippen LogP contribution in [-0.4, -0.2) is 61.6 Å². The molecule has 0 N–H and O–H groups in total. The molecule has 0 aromatic heterocycles. The van der Waals surface area contributed by atoms with Crippen molar-refractivity contribution in [1.82, 2.24) is 9.21 Å². The van der Waals surface area contributed by atoms with Gasteiger partial charge in [0.25, 0.3) is 0 Å². The van der Waals surface area contributed by atoms with E-state index in [0.29, 0.717) is 31.3 Å². The summed E-state index contributed by atoms with van der Waals surface area (Å²) >= 11 is 0. The Morgan fingerprint density at radius 2 is 1.82 bits per heavy atom. The zero-order chi connectivity index (χ0) is 24.5. The third-order valence-corrected chi connectivity index (χ3v) is 9.45. The fourth-order valence-electron chi connectivity index (χ4n) is 5.43. The minimum Gasteiger partial charge on any atom is -0.490 e. The van der Waals surface area contributed by atoms with Crippen LogP contribution in [0.15, 0.2) is 24.3 Å². The van der Waals surface area contributed by atoms with Crippen molar-refractivity contribution in [2.45, 2.75) is 65.9 Å². The molecule has 3 heterocycles. The Balaban J connectivity index is 1.34. The van der Waals surface area contributed by atoms with Crippen molar-refractivity contribution in [2.24, 2.45) is 17.8 Å². The number of amides is 1. The smallest absolute Gasteiger partial charge is 0.222 e. The predicted octanol–water partition coefficient (Wildman–Crippen LogP) is 4.35. The van der Waals surface area contributed by atoms with Gasteiger partial charge < -0.3 is 9.64 Å². The summed E-state index contributed by atoms with van der Waals surface area (Å²) in [7, 11) is -3.19. The minimum atomic E-state index is -3.19. The summed E-state index contributed by atoms with van der Waals surface area (Å²) in [6.07, 6.45) is 6.54. The third-order valence-electron chi connectivity index (χ3n) is 7.24. The Labute approximate surface area is 205 Å². The summed E-state index contributed by atoms with van der Waals surface area (Å²) in [6, 6.07) is 6.42. The highest BCUT2D eigenvalue weighted by Gasteiger charge is 2.34. The van der Waals surface area contributed by atoms with Gasteiger partial charge in [0.15, 0.2) is 0 Å². The summed E-state index contributed by atoms with van der Waals surface area (Å²) < 4.78 is 33.0. The van der Waals surface area contributed by atoms with Crippen LogP contribution in [0.4, 0.5) is 0 Å². The number of likely N-dealkylation sites (tertiary alicyclic amines) is 1. The van der Waals surface area contributed by atoms with Crippen LogP contribution in [0.2, 0.25) is 0 Å².